The predicted molar refractivity (Wildman–Crippen MR) is 131 cm³/mol. The fraction of sp³-hybridized carbons (Fsp3) is 0.154. The summed E-state index contributed by atoms with van der Waals surface area (Å²) in [5, 5.41) is 4.17. The standard InChI is InChI=1S/C26H22N4O2S/c1-17-7-9-18(10-8-17)29-14-4-6-21(29)25-24(20-5-2-3-13-27-20)28-26(33)30(25)19-11-12-22-23(15-19)32-16-31-22/h2-15,24-25H,16H2,1H3,(H,28,33). The van der Waals surface area contributed by atoms with Crippen molar-refractivity contribution in [3.8, 4) is 17.2 Å². The first-order chi connectivity index (χ1) is 16.2. The van der Waals surface area contributed by atoms with Gasteiger partial charge < -0.3 is 24.3 Å². The van der Waals surface area contributed by atoms with Gasteiger partial charge in [0.15, 0.2) is 16.6 Å². The molecule has 6 rings (SSSR count). The normalized spacial score (nSPS) is 19.1. The van der Waals surface area contributed by atoms with Crippen molar-refractivity contribution in [3.63, 3.8) is 0 Å². The van der Waals surface area contributed by atoms with Crippen LogP contribution in [0.5, 0.6) is 11.5 Å². The van der Waals surface area contributed by atoms with Crippen molar-refractivity contribution in [1.29, 1.82) is 0 Å². The first kappa shape index (κ1) is 19.8. The van der Waals surface area contributed by atoms with Gasteiger partial charge >= 0.3 is 0 Å². The third kappa shape index (κ3) is 3.41. The lowest BCUT2D eigenvalue weighted by Gasteiger charge is -2.29. The average molecular weight is 455 g/mol. The Kier molecular flexibility index (Phi) is 4.77. The van der Waals surface area contributed by atoms with E-state index in [0.717, 1.165) is 34.3 Å². The molecule has 0 bridgehead atoms. The molecule has 2 aromatic carbocycles. The summed E-state index contributed by atoms with van der Waals surface area (Å²) in [7, 11) is 0. The molecule has 0 amide bonds. The van der Waals surface area contributed by atoms with Crippen LogP contribution in [-0.4, -0.2) is 21.5 Å². The lowest BCUT2D eigenvalue weighted by atomic mass is 10.0. The highest BCUT2D eigenvalue weighted by molar-refractivity contribution is 7.80. The number of anilines is 1. The lowest BCUT2D eigenvalue weighted by Crippen LogP contribution is -2.30. The zero-order valence-corrected chi connectivity index (χ0v) is 18.8. The molecule has 4 heterocycles. The van der Waals surface area contributed by atoms with Crippen LogP contribution in [0.15, 0.2) is 85.2 Å². The van der Waals surface area contributed by atoms with Crippen LogP contribution in [0, 0.1) is 6.92 Å². The van der Waals surface area contributed by atoms with E-state index in [-0.39, 0.29) is 18.9 Å². The Hall–Kier alpha value is -3.84. The first-order valence-corrected chi connectivity index (χ1v) is 11.2. The van der Waals surface area contributed by atoms with E-state index in [4.69, 9.17) is 21.7 Å². The number of hydrogen-bond donors (Lipinski definition) is 1. The topological polar surface area (TPSA) is 51.6 Å². The molecule has 2 aromatic heterocycles. The van der Waals surface area contributed by atoms with Gasteiger partial charge in [-0.05, 0) is 67.7 Å². The largest absolute Gasteiger partial charge is 0.454 e. The van der Waals surface area contributed by atoms with Crippen LogP contribution in [0.4, 0.5) is 5.69 Å². The number of hydrogen-bond acceptors (Lipinski definition) is 4. The molecule has 164 valence electrons. The third-order valence-corrected chi connectivity index (χ3v) is 6.44. The van der Waals surface area contributed by atoms with Crippen LogP contribution < -0.4 is 19.7 Å². The van der Waals surface area contributed by atoms with Crippen molar-refractivity contribution in [1.82, 2.24) is 14.9 Å². The molecule has 1 saturated heterocycles. The number of rotatable bonds is 4. The maximum Gasteiger partial charge on any atom is 0.231 e. The van der Waals surface area contributed by atoms with Gasteiger partial charge in [0.2, 0.25) is 6.79 Å². The van der Waals surface area contributed by atoms with E-state index in [2.05, 4.69) is 69.3 Å². The molecule has 2 atom stereocenters. The van der Waals surface area contributed by atoms with Gasteiger partial charge in [-0.1, -0.05) is 23.8 Å². The number of benzene rings is 2. The summed E-state index contributed by atoms with van der Waals surface area (Å²) >= 11 is 5.86. The van der Waals surface area contributed by atoms with E-state index in [1.807, 2.05) is 42.6 Å². The number of thiocarbonyl (C=S) groups is 1. The molecule has 6 nitrogen and oxygen atoms in total. The van der Waals surface area contributed by atoms with Crippen molar-refractivity contribution in [2.45, 2.75) is 19.0 Å². The van der Waals surface area contributed by atoms with E-state index in [9.17, 15) is 0 Å². The van der Waals surface area contributed by atoms with Crippen LogP contribution in [0.2, 0.25) is 0 Å². The molecule has 1 N–H and O–H groups in total. The van der Waals surface area contributed by atoms with E-state index < -0.39 is 0 Å². The minimum atomic E-state index is -0.122. The molecular formula is C26H22N4O2S. The second-order valence-electron chi connectivity index (χ2n) is 8.17. The molecule has 1 fully saturated rings. The predicted octanol–water partition coefficient (Wildman–Crippen LogP) is 5.09. The highest BCUT2D eigenvalue weighted by atomic mass is 32.1. The van der Waals surface area contributed by atoms with Gasteiger partial charge in [0, 0.05) is 35.5 Å². The zero-order valence-electron chi connectivity index (χ0n) is 18.0. The fourth-order valence-corrected chi connectivity index (χ4v) is 4.89. The quantitative estimate of drug-likeness (QED) is 0.434. The molecule has 2 unspecified atom stereocenters. The summed E-state index contributed by atoms with van der Waals surface area (Å²) in [5.41, 5.74) is 5.31. The molecule has 0 spiro atoms. The Labute approximate surface area is 197 Å². The van der Waals surface area contributed by atoms with Gasteiger partial charge in [-0.3, -0.25) is 4.98 Å². The van der Waals surface area contributed by atoms with Gasteiger partial charge in [-0.15, -0.1) is 0 Å². The summed E-state index contributed by atoms with van der Waals surface area (Å²) < 4.78 is 13.4. The van der Waals surface area contributed by atoms with Gasteiger partial charge in [0.05, 0.1) is 11.7 Å². The molecule has 2 aliphatic rings. The van der Waals surface area contributed by atoms with Gasteiger partial charge in [0.25, 0.3) is 0 Å². The average Bonchev–Trinajstić information content (AvgIpc) is 3.57. The van der Waals surface area contributed by atoms with Crippen LogP contribution in [0.1, 0.15) is 29.0 Å². The number of ether oxygens (including phenoxy) is 2. The summed E-state index contributed by atoms with van der Waals surface area (Å²) in [4.78, 5) is 6.80. The van der Waals surface area contributed by atoms with Crippen LogP contribution >= 0.6 is 12.2 Å². The molecule has 2 aliphatic heterocycles. The minimum Gasteiger partial charge on any atom is -0.454 e. The van der Waals surface area contributed by atoms with Crippen LogP contribution in [-0.2, 0) is 0 Å². The number of aryl methyl sites for hydroxylation is 1. The highest BCUT2D eigenvalue weighted by Gasteiger charge is 2.42. The Morgan fingerprint density at radius 2 is 1.76 bits per heavy atom. The SMILES string of the molecule is Cc1ccc(-n2cccc2C2C(c3ccccn3)NC(=S)N2c2ccc3c(c2)OCO3)cc1. The van der Waals surface area contributed by atoms with Crippen molar-refractivity contribution in [2.75, 3.05) is 11.7 Å². The summed E-state index contributed by atoms with van der Waals surface area (Å²) in [5.74, 6) is 1.47. The Balaban J connectivity index is 1.50. The van der Waals surface area contributed by atoms with Crippen LogP contribution in [0.25, 0.3) is 5.69 Å². The Morgan fingerprint density at radius 1 is 0.939 bits per heavy atom. The maximum atomic E-state index is 5.86. The smallest absolute Gasteiger partial charge is 0.231 e. The monoisotopic (exact) mass is 454 g/mol. The number of aromatic nitrogens is 2. The Morgan fingerprint density at radius 3 is 2.58 bits per heavy atom. The maximum absolute atomic E-state index is 5.86. The highest BCUT2D eigenvalue weighted by Crippen LogP contribution is 2.44. The Bertz CT molecular complexity index is 1320. The molecule has 0 saturated carbocycles. The molecule has 0 aliphatic carbocycles. The second-order valence-corrected chi connectivity index (χ2v) is 8.56. The fourth-order valence-electron chi connectivity index (χ4n) is 4.54. The van der Waals surface area contributed by atoms with E-state index in [0.29, 0.717) is 5.11 Å². The summed E-state index contributed by atoms with van der Waals surface area (Å²) in [6, 6.07) is 24.4. The van der Waals surface area contributed by atoms with E-state index in [1.54, 1.807) is 0 Å². The first-order valence-electron chi connectivity index (χ1n) is 10.8. The van der Waals surface area contributed by atoms with Crippen LogP contribution in [0.3, 0.4) is 0 Å². The van der Waals surface area contributed by atoms with Crippen molar-refractivity contribution in [2.24, 2.45) is 0 Å². The molecular weight excluding hydrogens is 432 g/mol. The summed E-state index contributed by atoms with van der Waals surface area (Å²) in [6.45, 7) is 2.33. The van der Waals surface area contributed by atoms with Crippen molar-refractivity contribution < 1.29 is 9.47 Å². The summed E-state index contributed by atoms with van der Waals surface area (Å²) in [6.07, 6.45) is 3.91. The van der Waals surface area contributed by atoms with Gasteiger partial charge in [-0.2, -0.15) is 0 Å². The zero-order chi connectivity index (χ0) is 22.4. The number of fused-ring (bicyclic) bond motifs is 1. The molecule has 4 aromatic rings. The molecule has 0 radical (unpaired) electrons. The number of pyridine rings is 1. The lowest BCUT2D eigenvalue weighted by molar-refractivity contribution is 0.174. The van der Waals surface area contributed by atoms with Crippen molar-refractivity contribution in [3.05, 3.63) is 102 Å². The second kappa shape index (κ2) is 7.94. The molecule has 7 heteroatoms. The number of nitrogens with zero attached hydrogens (tertiary/aromatic N) is 3. The van der Waals surface area contributed by atoms with Crippen molar-refractivity contribution >= 4 is 23.0 Å². The number of nitrogens with one attached hydrogen (secondary N) is 1. The van der Waals surface area contributed by atoms with Gasteiger partial charge in [-0.25, -0.2) is 0 Å². The minimum absolute atomic E-state index is 0.121. The van der Waals surface area contributed by atoms with E-state index >= 15 is 0 Å². The van der Waals surface area contributed by atoms with E-state index in [1.165, 1.54) is 5.56 Å². The third-order valence-electron chi connectivity index (χ3n) is 6.13. The molecule has 33 heavy (non-hydrogen) atoms. The van der Waals surface area contributed by atoms with Gasteiger partial charge in [0.1, 0.15) is 6.04 Å².